The molecule has 1 fully saturated rings. The summed E-state index contributed by atoms with van der Waals surface area (Å²) in [5.41, 5.74) is 1.22. The quantitative estimate of drug-likeness (QED) is 0.745. The molecule has 2 aromatic rings. The maximum absolute atomic E-state index is 12.4. The summed E-state index contributed by atoms with van der Waals surface area (Å²) in [5.74, 6) is 0.180. The van der Waals surface area contributed by atoms with E-state index in [9.17, 15) is 9.59 Å². The first-order valence-corrected chi connectivity index (χ1v) is 9.01. The topological polar surface area (TPSA) is 67.4 Å². The van der Waals surface area contributed by atoms with Crippen molar-refractivity contribution in [2.24, 2.45) is 5.92 Å². The van der Waals surface area contributed by atoms with Crippen molar-refractivity contribution < 1.29 is 14.3 Å². The van der Waals surface area contributed by atoms with Crippen LogP contribution < -0.4 is 15.4 Å². The second-order valence-electron chi connectivity index (χ2n) is 6.17. The predicted molar refractivity (Wildman–Crippen MR) is 103 cm³/mol. The third-order valence-electron chi connectivity index (χ3n) is 3.91. The number of hydrogen-bond acceptors (Lipinski definition) is 3. The molecule has 2 amide bonds. The zero-order valence-electron chi connectivity index (χ0n) is 14.1. The van der Waals surface area contributed by atoms with E-state index in [4.69, 9.17) is 27.9 Å². The van der Waals surface area contributed by atoms with Crippen LogP contribution in [0.3, 0.4) is 0 Å². The van der Waals surface area contributed by atoms with Crippen molar-refractivity contribution in [3.05, 3.63) is 52.5 Å². The van der Waals surface area contributed by atoms with Crippen molar-refractivity contribution in [3.8, 4) is 5.75 Å². The van der Waals surface area contributed by atoms with Gasteiger partial charge in [-0.05, 0) is 56.2 Å². The van der Waals surface area contributed by atoms with Crippen molar-refractivity contribution in [2.45, 2.75) is 25.9 Å². The molecule has 3 rings (SSSR count). The van der Waals surface area contributed by atoms with E-state index in [1.165, 1.54) is 0 Å². The van der Waals surface area contributed by atoms with Crippen molar-refractivity contribution in [1.82, 2.24) is 0 Å². The summed E-state index contributed by atoms with van der Waals surface area (Å²) in [7, 11) is 0. The van der Waals surface area contributed by atoms with Crippen molar-refractivity contribution in [3.63, 3.8) is 0 Å². The van der Waals surface area contributed by atoms with E-state index in [0.717, 1.165) is 12.8 Å². The number of carbonyl (C=O) groups excluding carboxylic acids is 2. The molecule has 1 aliphatic carbocycles. The highest BCUT2D eigenvalue weighted by atomic mass is 35.5. The fourth-order valence-corrected chi connectivity index (χ4v) is 2.78. The number of nitrogens with one attached hydrogen (secondary N) is 2. The summed E-state index contributed by atoms with van der Waals surface area (Å²) < 4.78 is 5.60. The second-order valence-corrected chi connectivity index (χ2v) is 7.01. The molecular formula is C19H18Cl2N2O3. The molecule has 0 aromatic heterocycles. The largest absolute Gasteiger partial charge is 0.479 e. The first kappa shape index (κ1) is 18.5. The van der Waals surface area contributed by atoms with Crippen LogP contribution in [0.4, 0.5) is 11.4 Å². The maximum atomic E-state index is 12.4. The van der Waals surface area contributed by atoms with E-state index < -0.39 is 6.10 Å². The first-order chi connectivity index (χ1) is 12.4. The summed E-state index contributed by atoms with van der Waals surface area (Å²) in [6, 6.07) is 11.8. The summed E-state index contributed by atoms with van der Waals surface area (Å²) in [6.45, 7) is 1.62. The molecule has 2 N–H and O–H groups in total. The van der Waals surface area contributed by atoms with Gasteiger partial charge in [0.2, 0.25) is 5.91 Å². The summed E-state index contributed by atoms with van der Waals surface area (Å²) in [5, 5.41) is 6.44. The van der Waals surface area contributed by atoms with Crippen LogP contribution in [0.15, 0.2) is 42.5 Å². The molecule has 1 saturated carbocycles. The van der Waals surface area contributed by atoms with Crippen LogP contribution in [0, 0.1) is 5.92 Å². The van der Waals surface area contributed by atoms with Gasteiger partial charge in [0.15, 0.2) is 6.10 Å². The third-order valence-corrected chi connectivity index (χ3v) is 4.44. The number of rotatable bonds is 6. The minimum Gasteiger partial charge on any atom is -0.479 e. The van der Waals surface area contributed by atoms with Crippen LogP contribution in [0.2, 0.25) is 10.0 Å². The molecule has 2 aromatic carbocycles. The molecule has 7 heteroatoms. The molecule has 0 aliphatic heterocycles. The summed E-state index contributed by atoms with van der Waals surface area (Å²) in [6.07, 6.45) is 1.10. The Morgan fingerprint density at radius 2 is 1.77 bits per heavy atom. The van der Waals surface area contributed by atoms with Crippen LogP contribution >= 0.6 is 23.2 Å². The van der Waals surface area contributed by atoms with Crippen LogP contribution in [0.25, 0.3) is 0 Å². The lowest BCUT2D eigenvalue weighted by Crippen LogP contribution is -2.30. The van der Waals surface area contributed by atoms with Gasteiger partial charge in [0.25, 0.3) is 5.91 Å². The Labute approximate surface area is 161 Å². The highest BCUT2D eigenvalue weighted by Crippen LogP contribution is 2.31. The molecule has 0 spiro atoms. The number of ether oxygens (including phenoxy) is 1. The number of anilines is 2. The number of carbonyl (C=O) groups is 2. The molecular weight excluding hydrogens is 375 g/mol. The Balaban J connectivity index is 1.60. The summed E-state index contributed by atoms with van der Waals surface area (Å²) >= 11 is 11.9. The standard InChI is InChI=1S/C19H18Cl2N2O3/c1-11(26-17-8-7-13(20)9-16(17)21)18(24)22-14-3-2-4-15(10-14)23-19(25)12-5-6-12/h2-4,7-12H,5-6H2,1H3,(H,22,24)(H,23,25). The van der Waals surface area contributed by atoms with Crippen LogP contribution in [0.5, 0.6) is 5.75 Å². The molecule has 0 saturated heterocycles. The van der Waals surface area contributed by atoms with E-state index in [2.05, 4.69) is 10.6 Å². The number of amides is 2. The normalized spacial score (nSPS) is 14.4. The van der Waals surface area contributed by atoms with Gasteiger partial charge in [0.05, 0.1) is 5.02 Å². The average molecular weight is 393 g/mol. The van der Waals surface area contributed by atoms with Crippen LogP contribution in [0.1, 0.15) is 19.8 Å². The number of benzene rings is 2. The van der Waals surface area contributed by atoms with E-state index in [1.807, 2.05) is 0 Å². The monoisotopic (exact) mass is 392 g/mol. The third kappa shape index (κ3) is 4.90. The molecule has 1 unspecified atom stereocenters. The lowest BCUT2D eigenvalue weighted by molar-refractivity contribution is -0.122. The Morgan fingerprint density at radius 1 is 1.08 bits per heavy atom. The van der Waals surface area contributed by atoms with Gasteiger partial charge in [-0.25, -0.2) is 0 Å². The molecule has 1 atom stereocenters. The van der Waals surface area contributed by atoms with Crippen molar-refractivity contribution >= 4 is 46.4 Å². The van der Waals surface area contributed by atoms with Crippen molar-refractivity contribution in [2.75, 3.05) is 10.6 Å². The minimum atomic E-state index is -0.765. The fraction of sp³-hybridized carbons (Fsp3) is 0.263. The number of hydrogen-bond donors (Lipinski definition) is 2. The van der Waals surface area contributed by atoms with Gasteiger partial charge in [0.1, 0.15) is 5.75 Å². The Hall–Kier alpha value is -2.24. The Morgan fingerprint density at radius 3 is 2.42 bits per heavy atom. The molecule has 0 heterocycles. The van der Waals surface area contributed by atoms with E-state index in [1.54, 1.807) is 49.4 Å². The van der Waals surface area contributed by atoms with Gasteiger partial charge >= 0.3 is 0 Å². The minimum absolute atomic E-state index is 0.0163. The van der Waals surface area contributed by atoms with Gasteiger partial charge in [-0.2, -0.15) is 0 Å². The van der Waals surface area contributed by atoms with Gasteiger partial charge in [0, 0.05) is 22.3 Å². The second kappa shape index (κ2) is 7.98. The lowest BCUT2D eigenvalue weighted by Gasteiger charge is -2.16. The van der Waals surface area contributed by atoms with Gasteiger partial charge < -0.3 is 15.4 Å². The molecule has 26 heavy (non-hydrogen) atoms. The molecule has 1 aliphatic rings. The van der Waals surface area contributed by atoms with Crippen molar-refractivity contribution in [1.29, 1.82) is 0 Å². The summed E-state index contributed by atoms with van der Waals surface area (Å²) in [4.78, 5) is 24.2. The molecule has 5 nitrogen and oxygen atoms in total. The average Bonchev–Trinajstić information content (AvgIpc) is 3.42. The van der Waals surface area contributed by atoms with Gasteiger partial charge in [-0.1, -0.05) is 29.3 Å². The van der Waals surface area contributed by atoms with Crippen LogP contribution in [-0.4, -0.2) is 17.9 Å². The van der Waals surface area contributed by atoms with E-state index in [0.29, 0.717) is 27.2 Å². The fourth-order valence-electron chi connectivity index (χ4n) is 2.32. The Kier molecular flexibility index (Phi) is 5.69. The van der Waals surface area contributed by atoms with Crippen LogP contribution in [-0.2, 0) is 9.59 Å². The highest BCUT2D eigenvalue weighted by Gasteiger charge is 2.29. The zero-order chi connectivity index (χ0) is 18.7. The van der Waals surface area contributed by atoms with Gasteiger partial charge in [-0.3, -0.25) is 9.59 Å². The molecule has 0 radical (unpaired) electrons. The zero-order valence-corrected chi connectivity index (χ0v) is 15.6. The van der Waals surface area contributed by atoms with E-state index >= 15 is 0 Å². The van der Waals surface area contributed by atoms with Gasteiger partial charge in [-0.15, -0.1) is 0 Å². The van der Waals surface area contributed by atoms with E-state index in [-0.39, 0.29) is 17.7 Å². The number of halogens is 2. The molecule has 136 valence electrons. The smallest absolute Gasteiger partial charge is 0.265 e. The SMILES string of the molecule is CC(Oc1ccc(Cl)cc1Cl)C(=O)Nc1cccc(NC(=O)C2CC2)c1. The highest BCUT2D eigenvalue weighted by molar-refractivity contribution is 6.35. The first-order valence-electron chi connectivity index (χ1n) is 8.26. The molecule has 0 bridgehead atoms. The lowest BCUT2D eigenvalue weighted by atomic mass is 10.2. The maximum Gasteiger partial charge on any atom is 0.265 e. The predicted octanol–water partition coefficient (Wildman–Crippen LogP) is 4.75. The Bertz CT molecular complexity index is 837.